The molecule has 0 saturated heterocycles. The summed E-state index contributed by atoms with van der Waals surface area (Å²) >= 11 is -0.405. The van der Waals surface area contributed by atoms with Crippen molar-refractivity contribution in [1.82, 2.24) is 3.26 Å². The minimum atomic E-state index is -1.02. The molecule has 0 aromatic rings. The molecule has 0 aliphatic heterocycles. The van der Waals surface area contributed by atoms with E-state index in [1.165, 1.54) is 6.42 Å². The summed E-state index contributed by atoms with van der Waals surface area (Å²) in [7, 11) is 0. The van der Waals surface area contributed by atoms with E-state index < -0.39 is 27.9 Å². The van der Waals surface area contributed by atoms with Crippen molar-refractivity contribution in [2.45, 2.75) is 45.8 Å². The molecule has 0 bridgehead atoms. The molecule has 0 heterocycles. The zero-order chi connectivity index (χ0) is 10.8. The van der Waals surface area contributed by atoms with Gasteiger partial charge in [-0.25, -0.2) is 0 Å². The number of hydrogen-bond donors (Lipinski definition) is 1. The van der Waals surface area contributed by atoms with Crippen molar-refractivity contribution >= 4 is 5.20 Å². The molecule has 5 heteroatoms. The first-order valence-corrected chi connectivity index (χ1v) is 13.1. The van der Waals surface area contributed by atoms with Crippen LogP contribution in [0.4, 0.5) is 0 Å². The van der Waals surface area contributed by atoms with Crippen molar-refractivity contribution in [3.63, 3.8) is 0 Å². The summed E-state index contributed by atoms with van der Waals surface area (Å²) in [6, 6.07) is 0. The predicted octanol–water partition coefficient (Wildman–Crippen LogP) is -2.99. The normalized spacial score (nSPS) is 14.7. The average Bonchev–Trinajstić information content (AvgIpc) is 2.52. The van der Waals surface area contributed by atoms with Gasteiger partial charge in [0.1, 0.15) is 0 Å². The Bertz CT molecular complexity index is 270. The SMILES string of the molecule is CC(C)(C)[NH][Zr+2][Si](C)(C)C1=CC=CC1.[Cl-].[Cl-]. The summed E-state index contributed by atoms with van der Waals surface area (Å²) < 4.78 is 3.80. The van der Waals surface area contributed by atoms with Gasteiger partial charge >= 0.3 is 100 Å². The second kappa shape index (κ2) is 7.53. The second-order valence-corrected chi connectivity index (χ2v) is 21.3. The first kappa shape index (κ1) is 19.5. The van der Waals surface area contributed by atoms with E-state index in [4.69, 9.17) is 0 Å². The molecule has 0 aromatic carbocycles. The van der Waals surface area contributed by atoms with Crippen LogP contribution in [-0.2, 0) is 22.7 Å². The van der Waals surface area contributed by atoms with Gasteiger partial charge in [-0.05, 0) is 0 Å². The fraction of sp³-hybridized carbons (Fsp3) is 0.636. The summed E-state index contributed by atoms with van der Waals surface area (Å²) in [5.74, 6) is 0. The summed E-state index contributed by atoms with van der Waals surface area (Å²) in [4.78, 5) is 0. The van der Waals surface area contributed by atoms with Crippen LogP contribution < -0.4 is 28.1 Å². The smallest absolute Gasteiger partial charge is 1.00 e. The van der Waals surface area contributed by atoms with Crippen LogP contribution in [0.15, 0.2) is 23.4 Å². The van der Waals surface area contributed by atoms with Crippen molar-refractivity contribution in [1.29, 1.82) is 0 Å². The second-order valence-electron chi connectivity index (χ2n) is 5.45. The molecular formula is C11H21Cl2NSiZr. The third-order valence-electron chi connectivity index (χ3n) is 2.32. The molecule has 0 fully saturated rings. The fourth-order valence-electron chi connectivity index (χ4n) is 1.33. The number of hydrogen-bond acceptors (Lipinski definition) is 1. The number of allylic oxidation sites excluding steroid dienone is 4. The summed E-state index contributed by atoms with van der Waals surface area (Å²) in [5.41, 5.74) is 0.322. The Labute approximate surface area is 124 Å². The van der Waals surface area contributed by atoms with E-state index >= 15 is 0 Å². The molecule has 16 heavy (non-hydrogen) atoms. The molecule has 1 N–H and O–H groups in total. The summed E-state index contributed by atoms with van der Waals surface area (Å²) in [6.45, 7) is 11.9. The molecule has 0 unspecified atom stereocenters. The zero-order valence-corrected chi connectivity index (χ0v) is 15.7. The van der Waals surface area contributed by atoms with Gasteiger partial charge in [0.2, 0.25) is 0 Å². The van der Waals surface area contributed by atoms with Crippen LogP contribution in [0, 0.1) is 0 Å². The molecule has 0 radical (unpaired) electrons. The largest absolute Gasteiger partial charge is 1.00 e. The molecule has 0 saturated carbocycles. The van der Waals surface area contributed by atoms with E-state index in [0.717, 1.165) is 0 Å². The van der Waals surface area contributed by atoms with Crippen molar-refractivity contribution in [2.24, 2.45) is 0 Å². The molecule has 0 atom stereocenters. The third kappa shape index (κ3) is 6.76. The van der Waals surface area contributed by atoms with Crippen LogP contribution in [0.1, 0.15) is 27.2 Å². The Hall–Kier alpha value is 1.12. The summed E-state index contributed by atoms with van der Waals surface area (Å²) in [5, 5.41) is 0.728. The van der Waals surface area contributed by atoms with Gasteiger partial charge in [-0.15, -0.1) is 0 Å². The molecule has 1 aliphatic carbocycles. The third-order valence-corrected chi connectivity index (χ3v) is 14.8. The minimum absolute atomic E-state index is 0. The zero-order valence-electron chi connectivity index (χ0n) is 10.7. The van der Waals surface area contributed by atoms with E-state index in [2.05, 4.69) is 55.4 Å². The van der Waals surface area contributed by atoms with Gasteiger partial charge in [0.05, 0.1) is 0 Å². The maximum Gasteiger partial charge on any atom is -1.00 e. The molecule has 1 aliphatic rings. The van der Waals surface area contributed by atoms with E-state index in [-0.39, 0.29) is 24.8 Å². The predicted molar refractivity (Wildman–Crippen MR) is 62.2 cm³/mol. The van der Waals surface area contributed by atoms with Crippen LogP contribution in [0.25, 0.3) is 0 Å². The topological polar surface area (TPSA) is 12.0 Å². The Kier molecular flexibility index (Phi) is 9.16. The van der Waals surface area contributed by atoms with Gasteiger partial charge < -0.3 is 24.8 Å². The standard InChI is InChI=1S/C7H11Si.C4H10N.2ClH.Zr/c1-8(2)7-5-3-4-6-7;1-4(2,3)5;;;/h3-5H,6H2,1-2H3;5H,1-3H3;2*1H;/q;-1;;;+3/p-2. The molecular weight excluding hydrogens is 336 g/mol. The van der Waals surface area contributed by atoms with E-state index in [1.54, 1.807) is 5.20 Å². The van der Waals surface area contributed by atoms with Gasteiger partial charge in [-0.2, -0.15) is 0 Å². The fourth-order valence-corrected chi connectivity index (χ4v) is 10.9. The first-order valence-electron chi connectivity index (χ1n) is 5.22. The van der Waals surface area contributed by atoms with Crippen molar-refractivity contribution in [2.75, 3.05) is 0 Å². The monoisotopic (exact) mass is 355 g/mol. The van der Waals surface area contributed by atoms with Gasteiger partial charge in [-0.1, -0.05) is 0 Å². The molecule has 0 aromatic heterocycles. The van der Waals surface area contributed by atoms with Gasteiger partial charge in [-0.3, -0.25) is 0 Å². The molecule has 0 spiro atoms. The van der Waals surface area contributed by atoms with Gasteiger partial charge in [0, 0.05) is 0 Å². The average molecular weight is 358 g/mol. The quantitative estimate of drug-likeness (QED) is 0.532. The van der Waals surface area contributed by atoms with Gasteiger partial charge in [0.15, 0.2) is 0 Å². The summed E-state index contributed by atoms with van der Waals surface area (Å²) in [6.07, 6.45) is 8.10. The van der Waals surface area contributed by atoms with Crippen LogP contribution >= 0.6 is 0 Å². The Morgan fingerprint density at radius 3 is 2.19 bits per heavy atom. The molecule has 1 rings (SSSR count). The molecule has 0 amide bonds. The number of halogens is 2. The molecule has 92 valence electrons. The van der Waals surface area contributed by atoms with E-state index in [9.17, 15) is 0 Å². The first-order chi connectivity index (χ1) is 6.31. The maximum absolute atomic E-state index is 3.80. The van der Waals surface area contributed by atoms with Crippen LogP contribution in [-0.4, -0.2) is 10.7 Å². The van der Waals surface area contributed by atoms with Crippen molar-refractivity contribution < 1.29 is 47.5 Å². The minimum Gasteiger partial charge on any atom is -1.00 e. The van der Waals surface area contributed by atoms with Crippen LogP contribution in [0.2, 0.25) is 13.1 Å². The number of rotatable bonds is 3. The Balaban J connectivity index is 0. The van der Waals surface area contributed by atoms with Gasteiger partial charge in [0.25, 0.3) is 0 Å². The van der Waals surface area contributed by atoms with E-state index in [0.29, 0.717) is 5.54 Å². The Morgan fingerprint density at radius 1 is 1.25 bits per heavy atom. The van der Waals surface area contributed by atoms with E-state index in [1.807, 2.05) is 0 Å². The maximum atomic E-state index is 3.80. The van der Waals surface area contributed by atoms with Crippen molar-refractivity contribution in [3.05, 3.63) is 23.4 Å². The van der Waals surface area contributed by atoms with Crippen molar-refractivity contribution in [3.8, 4) is 0 Å². The molecule has 1 nitrogen and oxygen atoms in total. The van der Waals surface area contributed by atoms with Crippen LogP contribution in [0.5, 0.6) is 0 Å². The number of nitrogens with one attached hydrogen (secondary N) is 1. The Morgan fingerprint density at radius 2 is 1.81 bits per heavy atom. The van der Waals surface area contributed by atoms with Crippen LogP contribution in [0.3, 0.4) is 0 Å².